The molecule has 0 fully saturated rings. The standard InChI is InChI=1S/C12H12BrNO2/c1-3-7(2)14-11(15)9-5-4-8(13)6-10(9)12(14)16/h4-7H,3H2,1-2H3/t7-/m0/s1. The predicted molar refractivity (Wildman–Crippen MR) is 64.4 cm³/mol. The third kappa shape index (κ3) is 1.57. The van der Waals surface area contributed by atoms with Crippen LogP contribution in [0.1, 0.15) is 41.0 Å². The molecule has 0 aliphatic carbocycles. The van der Waals surface area contributed by atoms with Gasteiger partial charge >= 0.3 is 0 Å². The summed E-state index contributed by atoms with van der Waals surface area (Å²) in [5.74, 6) is -0.363. The number of carbonyl (C=O) groups excluding carboxylic acids is 2. The minimum absolute atomic E-state index is 0.0498. The van der Waals surface area contributed by atoms with Crippen LogP contribution in [0.15, 0.2) is 22.7 Å². The van der Waals surface area contributed by atoms with E-state index < -0.39 is 0 Å². The van der Waals surface area contributed by atoms with E-state index in [-0.39, 0.29) is 17.9 Å². The van der Waals surface area contributed by atoms with Crippen LogP contribution in [0.3, 0.4) is 0 Å². The van der Waals surface area contributed by atoms with Gasteiger partial charge in [-0.3, -0.25) is 14.5 Å². The molecule has 4 heteroatoms. The molecule has 0 unspecified atom stereocenters. The fourth-order valence-corrected chi connectivity index (χ4v) is 2.18. The van der Waals surface area contributed by atoms with Crippen molar-refractivity contribution in [1.82, 2.24) is 4.90 Å². The van der Waals surface area contributed by atoms with E-state index in [0.29, 0.717) is 11.1 Å². The van der Waals surface area contributed by atoms with Crippen molar-refractivity contribution in [3.63, 3.8) is 0 Å². The molecule has 0 radical (unpaired) electrons. The largest absolute Gasteiger partial charge is 0.272 e. The van der Waals surface area contributed by atoms with Crippen LogP contribution in [0, 0.1) is 0 Å². The molecule has 1 aliphatic rings. The normalized spacial score (nSPS) is 16.6. The van der Waals surface area contributed by atoms with Gasteiger partial charge in [-0.05, 0) is 31.5 Å². The number of imide groups is 1. The van der Waals surface area contributed by atoms with Crippen molar-refractivity contribution >= 4 is 27.7 Å². The lowest BCUT2D eigenvalue weighted by Crippen LogP contribution is -2.37. The Morgan fingerprint density at radius 1 is 1.25 bits per heavy atom. The summed E-state index contributed by atoms with van der Waals surface area (Å²) in [6.07, 6.45) is 0.770. The van der Waals surface area contributed by atoms with Gasteiger partial charge in [-0.15, -0.1) is 0 Å². The summed E-state index contributed by atoms with van der Waals surface area (Å²) in [7, 11) is 0. The van der Waals surface area contributed by atoms with E-state index in [2.05, 4.69) is 15.9 Å². The molecule has 3 nitrogen and oxygen atoms in total. The SMILES string of the molecule is CC[C@H](C)N1C(=O)c2ccc(Br)cc2C1=O. The second-order valence-electron chi connectivity index (χ2n) is 3.93. The third-order valence-electron chi connectivity index (χ3n) is 2.91. The van der Waals surface area contributed by atoms with Crippen molar-refractivity contribution in [3.05, 3.63) is 33.8 Å². The molecule has 0 aromatic heterocycles. The number of fused-ring (bicyclic) bond motifs is 1. The van der Waals surface area contributed by atoms with Crippen molar-refractivity contribution in [1.29, 1.82) is 0 Å². The summed E-state index contributed by atoms with van der Waals surface area (Å²) in [6.45, 7) is 3.85. The average Bonchev–Trinajstić information content (AvgIpc) is 2.51. The topological polar surface area (TPSA) is 37.4 Å². The highest BCUT2D eigenvalue weighted by Crippen LogP contribution is 2.27. The van der Waals surface area contributed by atoms with Gasteiger partial charge in [-0.25, -0.2) is 0 Å². The van der Waals surface area contributed by atoms with Crippen LogP contribution in [-0.4, -0.2) is 22.8 Å². The number of hydrogen-bond donors (Lipinski definition) is 0. The van der Waals surface area contributed by atoms with E-state index in [1.54, 1.807) is 18.2 Å². The monoisotopic (exact) mass is 281 g/mol. The second kappa shape index (κ2) is 4.01. The van der Waals surface area contributed by atoms with Crippen LogP contribution < -0.4 is 0 Å². The Bertz CT molecular complexity index is 470. The molecule has 0 spiro atoms. The first-order chi connectivity index (χ1) is 7.56. The van der Waals surface area contributed by atoms with E-state index in [4.69, 9.17) is 0 Å². The smallest absolute Gasteiger partial charge is 0.261 e. The molecule has 1 heterocycles. The van der Waals surface area contributed by atoms with Gasteiger partial charge < -0.3 is 0 Å². The van der Waals surface area contributed by atoms with Crippen molar-refractivity contribution in [2.24, 2.45) is 0 Å². The van der Waals surface area contributed by atoms with Gasteiger partial charge in [0.25, 0.3) is 11.8 Å². The number of benzene rings is 1. The zero-order valence-corrected chi connectivity index (χ0v) is 10.7. The summed E-state index contributed by atoms with van der Waals surface area (Å²) in [5, 5.41) is 0. The van der Waals surface area contributed by atoms with E-state index in [1.807, 2.05) is 13.8 Å². The Labute approximate surface area is 103 Å². The minimum atomic E-state index is -0.185. The lowest BCUT2D eigenvalue weighted by Gasteiger charge is -2.20. The summed E-state index contributed by atoms with van der Waals surface area (Å²) in [4.78, 5) is 25.4. The first-order valence-electron chi connectivity index (χ1n) is 5.23. The molecule has 0 saturated carbocycles. The summed E-state index contributed by atoms with van der Waals surface area (Å²) in [5.41, 5.74) is 1.01. The van der Waals surface area contributed by atoms with Crippen LogP contribution in [0.5, 0.6) is 0 Å². The van der Waals surface area contributed by atoms with Crippen LogP contribution in [0.4, 0.5) is 0 Å². The van der Waals surface area contributed by atoms with Gasteiger partial charge in [0.1, 0.15) is 0 Å². The summed E-state index contributed by atoms with van der Waals surface area (Å²) < 4.78 is 0.818. The maximum absolute atomic E-state index is 12.0. The van der Waals surface area contributed by atoms with Gasteiger partial charge in [0.05, 0.1) is 11.1 Å². The lowest BCUT2D eigenvalue weighted by atomic mass is 10.1. The fourth-order valence-electron chi connectivity index (χ4n) is 1.81. The molecule has 1 aromatic rings. The molecular formula is C12H12BrNO2. The highest BCUT2D eigenvalue weighted by Gasteiger charge is 2.37. The van der Waals surface area contributed by atoms with E-state index >= 15 is 0 Å². The number of carbonyl (C=O) groups is 2. The maximum atomic E-state index is 12.0. The lowest BCUT2D eigenvalue weighted by molar-refractivity contribution is 0.0593. The Morgan fingerprint density at radius 3 is 2.50 bits per heavy atom. The zero-order valence-electron chi connectivity index (χ0n) is 9.16. The summed E-state index contributed by atoms with van der Waals surface area (Å²) >= 11 is 3.30. The van der Waals surface area contributed by atoms with Crippen molar-refractivity contribution < 1.29 is 9.59 Å². The molecule has 2 amide bonds. The molecule has 84 valence electrons. The second-order valence-corrected chi connectivity index (χ2v) is 4.84. The maximum Gasteiger partial charge on any atom is 0.261 e. The molecule has 0 N–H and O–H groups in total. The van der Waals surface area contributed by atoms with Gasteiger partial charge in [0.2, 0.25) is 0 Å². The Hall–Kier alpha value is -1.16. The van der Waals surface area contributed by atoms with Crippen LogP contribution in [0.2, 0.25) is 0 Å². The van der Waals surface area contributed by atoms with E-state index in [9.17, 15) is 9.59 Å². The summed E-state index contributed by atoms with van der Waals surface area (Å²) in [6, 6.07) is 5.13. The minimum Gasteiger partial charge on any atom is -0.272 e. The van der Waals surface area contributed by atoms with Crippen molar-refractivity contribution in [3.8, 4) is 0 Å². The van der Waals surface area contributed by atoms with Gasteiger partial charge in [-0.2, -0.15) is 0 Å². The highest BCUT2D eigenvalue weighted by atomic mass is 79.9. The predicted octanol–water partition coefficient (Wildman–Crippen LogP) is 2.84. The van der Waals surface area contributed by atoms with Gasteiger partial charge in [-0.1, -0.05) is 22.9 Å². The van der Waals surface area contributed by atoms with Crippen molar-refractivity contribution in [2.75, 3.05) is 0 Å². The zero-order chi connectivity index (χ0) is 11.9. The Kier molecular flexibility index (Phi) is 2.84. The number of rotatable bonds is 2. The van der Waals surface area contributed by atoms with Gasteiger partial charge in [0, 0.05) is 10.5 Å². The first kappa shape index (κ1) is 11.3. The molecule has 2 rings (SSSR count). The average molecular weight is 282 g/mol. The number of nitrogens with zero attached hydrogens (tertiary/aromatic N) is 1. The third-order valence-corrected chi connectivity index (χ3v) is 3.40. The molecule has 1 aliphatic heterocycles. The van der Waals surface area contributed by atoms with Crippen LogP contribution in [0.25, 0.3) is 0 Å². The molecule has 0 bridgehead atoms. The first-order valence-corrected chi connectivity index (χ1v) is 6.03. The Balaban J connectivity index is 2.48. The van der Waals surface area contributed by atoms with Gasteiger partial charge in [0.15, 0.2) is 0 Å². The number of amides is 2. The molecular weight excluding hydrogens is 270 g/mol. The number of halogens is 1. The van der Waals surface area contributed by atoms with E-state index in [0.717, 1.165) is 10.9 Å². The molecule has 16 heavy (non-hydrogen) atoms. The fraction of sp³-hybridized carbons (Fsp3) is 0.333. The van der Waals surface area contributed by atoms with Crippen LogP contribution >= 0.6 is 15.9 Å². The molecule has 0 saturated heterocycles. The highest BCUT2D eigenvalue weighted by molar-refractivity contribution is 9.10. The quantitative estimate of drug-likeness (QED) is 0.782. The molecule has 1 aromatic carbocycles. The Morgan fingerprint density at radius 2 is 1.88 bits per heavy atom. The van der Waals surface area contributed by atoms with E-state index in [1.165, 1.54) is 4.90 Å². The molecule has 1 atom stereocenters. The van der Waals surface area contributed by atoms with Crippen LogP contribution in [-0.2, 0) is 0 Å². The number of hydrogen-bond acceptors (Lipinski definition) is 2. The van der Waals surface area contributed by atoms with Crippen molar-refractivity contribution in [2.45, 2.75) is 26.3 Å².